The summed E-state index contributed by atoms with van der Waals surface area (Å²) in [4.78, 5) is 10.4. The molecule has 0 saturated heterocycles. The zero-order valence-electron chi connectivity index (χ0n) is 9.15. The highest BCUT2D eigenvalue weighted by Crippen LogP contribution is 2.19. The molecule has 1 atom stereocenters. The number of rotatable bonds is 6. The number of hydrogen-bond acceptors (Lipinski definition) is 2. The van der Waals surface area contributed by atoms with Crippen molar-refractivity contribution >= 4 is 6.29 Å². The van der Waals surface area contributed by atoms with Crippen LogP contribution in [0, 0.1) is 0 Å². The maximum Gasteiger partial charge on any atom is 0.150 e. The normalized spacial score (nSPS) is 12.4. The molecule has 2 heteroatoms. The summed E-state index contributed by atoms with van der Waals surface area (Å²) >= 11 is 0. The molecule has 1 unspecified atom stereocenters. The second-order valence-electron chi connectivity index (χ2n) is 3.80. The largest absolute Gasteiger partial charge is 0.388 e. The van der Waals surface area contributed by atoms with Crippen LogP contribution < -0.4 is 0 Å². The van der Waals surface area contributed by atoms with E-state index in [1.54, 1.807) is 12.1 Å². The molecule has 0 radical (unpaired) electrons. The van der Waals surface area contributed by atoms with Gasteiger partial charge in [0.05, 0.1) is 6.10 Å². The Morgan fingerprint density at radius 1 is 1.27 bits per heavy atom. The first-order valence-corrected chi connectivity index (χ1v) is 5.51. The van der Waals surface area contributed by atoms with Crippen molar-refractivity contribution in [3.05, 3.63) is 35.4 Å². The molecule has 1 aromatic rings. The molecule has 0 aromatic heterocycles. The summed E-state index contributed by atoms with van der Waals surface area (Å²) in [5, 5.41) is 9.82. The third kappa shape index (κ3) is 3.84. The first kappa shape index (κ1) is 11.9. The summed E-state index contributed by atoms with van der Waals surface area (Å²) in [5.74, 6) is 0. The van der Waals surface area contributed by atoms with Crippen LogP contribution in [0.25, 0.3) is 0 Å². The Labute approximate surface area is 90.9 Å². The van der Waals surface area contributed by atoms with Gasteiger partial charge in [-0.1, -0.05) is 50.5 Å². The summed E-state index contributed by atoms with van der Waals surface area (Å²) in [6.07, 6.45) is 4.59. The molecule has 0 saturated carbocycles. The summed E-state index contributed by atoms with van der Waals surface area (Å²) in [6.45, 7) is 2.14. The molecule has 1 aromatic carbocycles. The van der Waals surface area contributed by atoms with Gasteiger partial charge in [-0.2, -0.15) is 0 Å². The van der Waals surface area contributed by atoms with Crippen LogP contribution in [-0.4, -0.2) is 11.4 Å². The van der Waals surface area contributed by atoms with Crippen molar-refractivity contribution in [2.24, 2.45) is 0 Å². The highest BCUT2D eigenvalue weighted by Gasteiger charge is 2.06. The molecule has 0 aliphatic rings. The Hall–Kier alpha value is -1.15. The van der Waals surface area contributed by atoms with Crippen molar-refractivity contribution in [2.75, 3.05) is 0 Å². The second kappa shape index (κ2) is 6.36. The van der Waals surface area contributed by atoms with Crippen LogP contribution in [-0.2, 0) is 0 Å². The fourth-order valence-corrected chi connectivity index (χ4v) is 1.55. The molecular formula is C13H18O2. The van der Waals surface area contributed by atoms with Gasteiger partial charge >= 0.3 is 0 Å². The number of unbranched alkanes of at least 4 members (excludes halogenated alkanes) is 2. The van der Waals surface area contributed by atoms with Gasteiger partial charge in [0.15, 0.2) is 0 Å². The van der Waals surface area contributed by atoms with E-state index in [-0.39, 0.29) is 0 Å². The second-order valence-corrected chi connectivity index (χ2v) is 3.80. The Kier molecular flexibility index (Phi) is 5.05. The van der Waals surface area contributed by atoms with Crippen LogP contribution in [0.2, 0.25) is 0 Å². The molecule has 1 N–H and O–H groups in total. The van der Waals surface area contributed by atoms with Crippen LogP contribution in [0.3, 0.4) is 0 Å². The van der Waals surface area contributed by atoms with E-state index in [1.807, 2.05) is 12.1 Å². The Morgan fingerprint density at radius 3 is 2.47 bits per heavy atom. The molecule has 0 aliphatic heterocycles. The number of aldehydes is 1. The maximum atomic E-state index is 10.4. The first-order valence-electron chi connectivity index (χ1n) is 5.51. The predicted octanol–water partition coefficient (Wildman–Crippen LogP) is 3.11. The van der Waals surface area contributed by atoms with Crippen LogP contribution in [0.15, 0.2) is 24.3 Å². The van der Waals surface area contributed by atoms with Crippen molar-refractivity contribution < 1.29 is 9.90 Å². The van der Waals surface area contributed by atoms with Gasteiger partial charge in [0, 0.05) is 5.56 Å². The van der Waals surface area contributed by atoms with E-state index in [2.05, 4.69) is 6.92 Å². The first-order chi connectivity index (χ1) is 7.27. The molecule has 0 spiro atoms. The minimum absolute atomic E-state index is 0.391. The van der Waals surface area contributed by atoms with Crippen molar-refractivity contribution in [1.82, 2.24) is 0 Å². The average Bonchev–Trinajstić information content (AvgIpc) is 2.29. The van der Waals surface area contributed by atoms with Gasteiger partial charge in [-0.05, 0) is 12.0 Å². The topological polar surface area (TPSA) is 37.3 Å². The fraction of sp³-hybridized carbons (Fsp3) is 0.462. The predicted molar refractivity (Wildman–Crippen MR) is 60.9 cm³/mol. The monoisotopic (exact) mass is 206 g/mol. The Morgan fingerprint density at radius 2 is 1.93 bits per heavy atom. The number of carbonyl (C=O) groups excluding carboxylic acids is 1. The van der Waals surface area contributed by atoms with Gasteiger partial charge < -0.3 is 5.11 Å². The number of aliphatic hydroxyl groups is 1. The number of hydrogen-bond donors (Lipinski definition) is 1. The van der Waals surface area contributed by atoms with Gasteiger partial charge in [-0.3, -0.25) is 4.79 Å². The van der Waals surface area contributed by atoms with E-state index in [0.29, 0.717) is 5.56 Å². The molecule has 0 fully saturated rings. The summed E-state index contributed by atoms with van der Waals surface area (Å²) in [7, 11) is 0. The SMILES string of the molecule is CCCCCC(O)c1ccc(C=O)cc1. The minimum atomic E-state index is -0.391. The smallest absolute Gasteiger partial charge is 0.150 e. The van der Waals surface area contributed by atoms with Gasteiger partial charge in [-0.15, -0.1) is 0 Å². The van der Waals surface area contributed by atoms with Gasteiger partial charge in [-0.25, -0.2) is 0 Å². The van der Waals surface area contributed by atoms with E-state index in [9.17, 15) is 9.90 Å². The molecule has 2 nitrogen and oxygen atoms in total. The zero-order valence-corrected chi connectivity index (χ0v) is 9.15. The molecular weight excluding hydrogens is 188 g/mol. The summed E-state index contributed by atoms with van der Waals surface area (Å²) in [5.41, 5.74) is 1.55. The third-order valence-electron chi connectivity index (χ3n) is 2.54. The lowest BCUT2D eigenvalue weighted by Crippen LogP contribution is -1.97. The minimum Gasteiger partial charge on any atom is -0.388 e. The van der Waals surface area contributed by atoms with Crippen molar-refractivity contribution in [1.29, 1.82) is 0 Å². The number of aliphatic hydroxyl groups excluding tert-OH is 1. The van der Waals surface area contributed by atoms with Crippen molar-refractivity contribution in [2.45, 2.75) is 38.7 Å². The van der Waals surface area contributed by atoms with Crippen molar-refractivity contribution in [3.63, 3.8) is 0 Å². The number of carbonyl (C=O) groups is 1. The van der Waals surface area contributed by atoms with Gasteiger partial charge in [0.1, 0.15) is 6.29 Å². The Bertz CT molecular complexity index is 290. The van der Waals surface area contributed by atoms with E-state index >= 15 is 0 Å². The molecule has 0 heterocycles. The molecule has 0 aliphatic carbocycles. The van der Waals surface area contributed by atoms with Gasteiger partial charge in [0.25, 0.3) is 0 Å². The summed E-state index contributed by atoms with van der Waals surface area (Å²) in [6, 6.07) is 7.12. The Balaban J connectivity index is 2.50. The lowest BCUT2D eigenvalue weighted by molar-refractivity contribution is 0.112. The molecule has 0 bridgehead atoms. The van der Waals surface area contributed by atoms with Crippen LogP contribution in [0.1, 0.15) is 54.6 Å². The quantitative estimate of drug-likeness (QED) is 0.573. The highest BCUT2D eigenvalue weighted by atomic mass is 16.3. The lowest BCUT2D eigenvalue weighted by Gasteiger charge is -2.10. The maximum absolute atomic E-state index is 10.4. The fourth-order valence-electron chi connectivity index (χ4n) is 1.55. The van der Waals surface area contributed by atoms with Crippen LogP contribution in [0.5, 0.6) is 0 Å². The standard InChI is InChI=1S/C13H18O2/c1-2-3-4-5-13(15)12-8-6-11(10-14)7-9-12/h6-10,13,15H,2-5H2,1H3. The summed E-state index contributed by atoms with van der Waals surface area (Å²) < 4.78 is 0. The van der Waals surface area contributed by atoms with Crippen LogP contribution in [0.4, 0.5) is 0 Å². The lowest BCUT2D eigenvalue weighted by atomic mass is 10.0. The van der Waals surface area contributed by atoms with E-state index < -0.39 is 6.10 Å². The molecule has 0 amide bonds. The molecule has 15 heavy (non-hydrogen) atoms. The molecule has 1 rings (SSSR count). The molecule has 82 valence electrons. The average molecular weight is 206 g/mol. The van der Waals surface area contributed by atoms with E-state index in [4.69, 9.17) is 0 Å². The van der Waals surface area contributed by atoms with Crippen LogP contribution >= 0.6 is 0 Å². The zero-order chi connectivity index (χ0) is 11.1. The van der Waals surface area contributed by atoms with E-state index in [0.717, 1.165) is 37.5 Å². The van der Waals surface area contributed by atoms with Gasteiger partial charge in [0.2, 0.25) is 0 Å². The van der Waals surface area contributed by atoms with Crippen molar-refractivity contribution in [3.8, 4) is 0 Å². The number of benzene rings is 1. The highest BCUT2D eigenvalue weighted by molar-refractivity contribution is 5.74. The third-order valence-corrected chi connectivity index (χ3v) is 2.54. The van der Waals surface area contributed by atoms with E-state index in [1.165, 1.54) is 0 Å².